The van der Waals surface area contributed by atoms with Crippen molar-refractivity contribution in [3.8, 4) is 6.07 Å². The number of amides is 1. The molecule has 2 saturated heterocycles. The summed E-state index contributed by atoms with van der Waals surface area (Å²) >= 11 is 1.38. The van der Waals surface area contributed by atoms with Crippen molar-refractivity contribution < 1.29 is 13.2 Å². The number of anilines is 1. The molecule has 1 amide bonds. The molecule has 7 nitrogen and oxygen atoms in total. The lowest BCUT2D eigenvalue weighted by Crippen LogP contribution is -2.37. The van der Waals surface area contributed by atoms with Crippen LogP contribution in [0.15, 0.2) is 47.1 Å². The molecule has 1 N–H and O–H groups in total. The van der Waals surface area contributed by atoms with Crippen LogP contribution in [0.5, 0.6) is 0 Å². The fourth-order valence-electron chi connectivity index (χ4n) is 2.98. The van der Waals surface area contributed by atoms with Gasteiger partial charge in [-0.05, 0) is 19.1 Å². The second kappa shape index (κ2) is 7.51. The number of fused-ring (bicyclic) bond motifs is 1. The maximum atomic E-state index is 12.0. The first-order chi connectivity index (χ1) is 12.4. The maximum absolute atomic E-state index is 12.0. The minimum Gasteiger partial charge on any atom is -0.352 e. The molecule has 1 aromatic carbocycles. The maximum Gasteiger partial charge on any atom is 0.263 e. The van der Waals surface area contributed by atoms with Crippen molar-refractivity contribution in [2.24, 2.45) is 4.99 Å². The fraction of sp³-hybridized carbons (Fsp3) is 0.353. The van der Waals surface area contributed by atoms with Crippen LogP contribution >= 0.6 is 11.8 Å². The highest BCUT2D eigenvalue weighted by Gasteiger charge is 2.49. The van der Waals surface area contributed by atoms with Crippen LogP contribution in [0.1, 0.15) is 6.92 Å². The minimum absolute atomic E-state index is 0.0731. The number of nitriles is 1. The fourth-order valence-corrected chi connectivity index (χ4v) is 6.87. The summed E-state index contributed by atoms with van der Waals surface area (Å²) < 4.78 is 24.0. The standard InChI is InChI=1S/C17H18N4O3S2/c1-2-19-16(22)12(8-18)9-20-17-21(13-6-4-3-5-7-13)14-10-26(23,24)11-15(14)25-17/h3-7,9,14-15H,2,10-11H2,1H3,(H,19,22)/b12-9+,20-17?/t14-,15-/m1/s1. The van der Waals surface area contributed by atoms with E-state index in [1.54, 1.807) is 6.92 Å². The predicted octanol–water partition coefficient (Wildman–Crippen LogP) is 1.30. The summed E-state index contributed by atoms with van der Waals surface area (Å²) in [7, 11) is -3.08. The van der Waals surface area contributed by atoms with E-state index >= 15 is 0 Å². The molecule has 0 radical (unpaired) electrons. The number of amidine groups is 1. The van der Waals surface area contributed by atoms with Crippen LogP contribution in [0.4, 0.5) is 5.69 Å². The van der Waals surface area contributed by atoms with Crippen LogP contribution in [0.2, 0.25) is 0 Å². The van der Waals surface area contributed by atoms with Gasteiger partial charge in [-0.25, -0.2) is 13.4 Å². The van der Waals surface area contributed by atoms with Gasteiger partial charge in [0.1, 0.15) is 11.6 Å². The molecule has 0 aliphatic carbocycles. The summed E-state index contributed by atoms with van der Waals surface area (Å²) in [5.74, 6) is -0.295. The molecular formula is C17H18N4O3S2. The minimum atomic E-state index is -3.08. The predicted molar refractivity (Wildman–Crippen MR) is 103 cm³/mol. The van der Waals surface area contributed by atoms with E-state index in [0.717, 1.165) is 5.69 Å². The summed E-state index contributed by atoms with van der Waals surface area (Å²) in [5.41, 5.74) is 0.755. The van der Waals surface area contributed by atoms with Crippen molar-refractivity contribution in [3.05, 3.63) is 42.1 Å². The SMILES string of the molecule is CCNC(=O)/C(C#N)=C/N=C1S[C@@H]2CS(=O)(=O)C[C@H]2N1c1ccccc1. The van der Waals surface area contributed by atoms with Crippen molar-refractivity contribution in [1.29, 1.82) is 5.26 Å². The van der Waals surface area contributed by atoms with Crippen LogP contribution < -0.4 is 10.2 Å². The van der Waals surface area contributed by atoms with E-state index in [1.807, 2.05) is 41.3 Å². The molecule has 136 valence electrons. The Morgan fingerprint density at radius 1 is 1.42 bits per heavy atom. The number of hydrogen-bond acceptors (Lipinski definition) is 6. The number of para-hydroxylation sites is 1. The highest BCUT2D eigenvalue weighted by molar-refractivity contribution is 8.16. The van der Waals surface area contributed by atoms with Gasteiger partial charge in [-0.1, -0.05) is 30.0 Å². The number of nitrogens with one attached hydrogen (secondary N) is 1. The van der Waals surface area contributed by atoms with E-state index < -0.39 is 15.7 Å². The first-order valence-electron chi connectivity index (χ1n) is 8.13. The summed E-state index contributed by atoms with van der Waals surface area (Å²) in [6, 6.07) is 11.1. The van der Waals surface area contributed by atoms with Gasteiger partial charge >= 0.3 is 0 Å². The monoisotopic (exact) mass is 390 g/mol. The Kier molecular flexibility index (Phi) is 5.34. The Bertz CT molecular complexity index is 904. The van der Waals surface area contributed by atoms with Crippen LogP contribution in [-0.4, -0.2) is 48.8 Å². The van der Waals surface area contributed by atoms with E-state index in [0.29, 0.717) is 11.7 Å². The third-order valence-electron chi connectivity index (χ3n) is 4.11. The Balaban J connectivity index is 1.96. The molecule has 2 aliphatic heterocycles. The van der Waals surface area contributed by atoms with Gasteiger partial charge in [0.25, 0.3) is 5.91 Å². The third kappa shape index (κ3) is 3.76. The number of sulfone groups is 1. The first-order valence-corrected chi connectivity index (χ1v) is 10.8. The summed E-state index contributed by atoms with van der Waals surface area (Å²) in [4.78, 5) is 18.1. The summed E-state index contributed by atoms with van der Waals surface area (Å²) in [6.07, 6.45) is 1.25. The quantitative estimate of drug-likeness (QED) is 0.614. The van der Waals surface area contributed by atoms with Crippen molar-refractivity contribution in [3.63, 3.8) is 0 Å². The second-order valence-electron chi connectivity index (χ2n) is 5.93. The van der Waals surface area contributed by atoms with E-state index in [1.165, 1.54) is 18.0 Å². The zero-order chi connectivity index (χ0) is 18.7. The van der Waals surface area contributed by atoms with Gasteiger partial charge in [-0.3, -0.25) is 4.79 Å². The van der Waals surface area contributed by atoms with Crippen LogP contribution in [-0.2, 0) is 14.6 Å². The largest absolute Gasteiger partial charge is 0.352 e. The number of aliphatic imine (C=N–C) groups is 1. The number of thioether (sulfide) groups is 1. The number of carbonyl (C=O) groups is 1. The molecule has 9 heteroatoms. The average molecular weight is 390 g/mol. The molecule has 0 unspecified atom stereocenters. The molecule has 0 aromatic heterocycles. The smallest absolute Gasteiger partial charge is 0.263 e. The van der Waals surface area contributed by atoms with Crippen molar-refractivity contribution >= 4 is 38.4 Å². The highest BCUT2D eigenvalue weighted by Crippen LogP contribution is 2.40. The average Bonchev–Trinajstić information content (AvgIpc) is 3.07. The molecule has 3 rings (SSSR count). The van der Waals surface area contributed by atoms with Gasteiger partial charge < -0.3 is 10.2 Å². The lowest BCUT2D eigenvalue weighted by molar-refractivity contribution is -0.117. The van der Waals surface area contributed by atoms with Gasteiger partial charge in [0, 0.05) is 17.5 Å². The number of benzene rings is 1. The number of likely N-dealkylation sites (N-methyl/N-ethyl adjacent to an activating group) is 1. The van der Waals surface area contributed by atoms with Crippen molar-refractivity contribution in [1.82, 2.24) is 5.32 Å². The van der Waals surface area contributed by atoms with Gasteiger partial charge in [0.15, 0.2) is 15.0 Å². The lowest BCUT2D eigenvalue weighted by Gasteiger charge is -2.24. The Hall–Kier alpha value is -2.31. The molecule has 1 aromatic rings. The molecule has 0 bridgehead atoms. The highest BCUT2D eigenvalue weighted by atomic mass is 32.2. The van der Waals surface area contributed by atoms with Gasteiger partial charge in [0.05, 0.1) is 23.7 Å². The summed E-state index contributed by atoms with van der Waals surface area (Å²) in [5, 5.41) is 12.2. The molecular weight excluding hydrogens is 372 g/mol. The van der Waals surface area contributed by atoms with Gasteiger partial charge in [0.2, 0.25) is 0 Å². The zero-order valence-corrected chi connectivity index (χ0v) is 15.8. The third-order valence-corrected chi connectivity index (χ3v) is 7.33. The molecule has 0 spiro atoms. The molecule has 0 saturated carbocycles. The van der Waals surface area contributed by atoms with E-state index in [2.05, 4.69) is 10.3 Å². The van der Waals surface area contributed by atoms with E-state index in [-0.39, 0.29) is 28.4 Å². The zero-order valence-electron chi connectivity index (χ0n) is 14.1. The molecule has 26 heavy (non-hydrogen) atoms. The molecule has 2 fully saturated rings. The van der Waals surface area contributed by atoms with Crippen LogP contribution in [0.3, 0.4) is 0 Å². The Morgan fingerprint density at radius 2 is 2.15 bits per heavy atom. The van der Waals surface area contributed by atoms with E-state index in [4.69, 9.17) is 5.26 Å². The number of nitrogens with zero attached hydrogens (tertiary/aromatic N) is 3. The topological polar surface area (TPSA) is 103 Å². The molecule has 2 atom stereocenters. The van der Waals surface area contributed by atoms with Gasteiger partial charge in [-0.15, -0.1) is 0 Å². The Morgan fingerprint density at radius 3 is 2.81 bits per heavy atom. The van der Waals surface area contributed by atoms with E-state index in [9.17, 15) is 13.2 Å². The normalized spacial score (nSPS) is 25.8. The number of hydrogen-bond donors (Lipinski definition) is 1. The van der Waals surface area contributed by atoms with Crippen LogP contribution in [0, 0.1) is 11.3 Å². The van der Waals surface area contributed by atoms with Crippen molar-refractivity contribution in [2.75, 3.05) is 23.0 Å². The molecule has 2 aliphatic rings. The van der Waals surface area contributed by atoms with Gasteiger partial charge in [-0.2, -0.15) is 5.26 Å². The molecule has 2 heterocycles. The van der Waals surface area contributed by atoms with Crippen LogP contribution in [0.25, 0.3) is 0 Å². The van der Waals surface area contributed by atoms with Crippen molar-refractivity contribution in [2.45, 2.75) is 18.2 Å². The second-order valence-corrected chi connectivity index (χ2v) is 9.29. The number of carbonyl (C=O) groups excluding carboxylic acids is 1. The first kappa shape index (κ1) is 18.5. The number of rotatable bonds is 4. The summed E-state index contributed by atoms with van der Waals surface area (Å²) in [6.45, 7) is 2.19. The lowest BCUT2D eigenvalue weighted by atomic mass is 10.2. The Labute approximate surface area is 156 Å².